The molecule has 2 aromatic carbocycles. The Morgan fingerprint density at radius 3 is 2.38 bits per heavy atom. The molecule has 0 heterocycles. The van der Waals surface area contributed by atoms with Crippen LogP contribution in [-0.2, 0) is 0 Å². The van der Waals surface area contributed by atoms with E-state index in [4.69, 9.17) is 4.74 Å². The monoisotopic (exact) mass is 212 g/mol. The van der Waals surface area contributed by atoms with Gasteiger partial charge in [-0.25, -0.2) is 0 Å². The predicted molar refractivity (Wildman–Crippen MR) is 63.8 cm³/mol. The third-order valence-electron chi connectivity index (χ3n) is 2.45. The predicted octanol–water partition coefficient (Wildman–Crippen LogP) is 3.17. The fourth-order valence-electron chi connectivity index (χ4n) is 1.58. The highest BCUT2D eigenvalue weighted by molar-refractivity contribution is 5.78. The van der Waals surface area contributed by atoms with Crippen LogP contribution in [0.25, 0.3) is 11.1 Å². The number of methoxy groups -OCH3 is 1. The number of hydrogen-bond donors (Lipinski definition) is 0. The number of aldehydes is 1. The normalized spacial score (nSPS) is 9.81. The van der Waals surface area contributed by atoms with E-state index in [1.807, 2.05) is 42.5 Å². The molecular formula is C14H12O2. The third kappa shape index (κ3) is 2.11. The van der Waals surface area contributed by atoms with Crippen LogP contribution in [0.2, 0.25) is 0 Å². The van der Waals surface area contributed by atoms with E-state index >= 15 is 0 Å². The van der Waals surface area contributed by atoms with Crippen molar-refractivity contribution in [2.45, 2.75) is 0 Å². The molecule has 2 heteroatoms. The van der Waals surface area contributed by atoms with Crippen LogP contribution in [-0.4, -0.2) is 13.4 Å². The Balaban J connectivity index is 2.38. The fourth-order valence-corrected chi connectivity index (χ4v) is 1.58. The van der Waals surface area contributed by atoms with Gasteiger partial charge < -0.3 is 4.74 Å². The first-order chi connectivity index (χ1) is 7.83. The van der Waals surface area contributed by atoms with Crippen LogP contribution < -0.4 is 4.74 Å². The molecule has 0 spiro atoms. The maximum atomic E-state index is 10.7. The van der Waals surface area contributed by atoms with Crippen molar-refractivity contribution in [1.82, 2.24) is 0 Å². The number of carbonyl (C=O) groups excluding carboxylic acids is 1. The van der Waals surface area contributed by atoms with Gasteiger partial charge >= 0.3 is 0 Å². The third-order valence-corrected chi connectivity index (χ3v) is 2.45. The molecule has 0 bridgehead atoms. The van der Waals surface area contributed by atoms with E-state index in [0.717, 1.165) is 23.2 Å². The van der Waals surface area contributed by atoms with Gasteiger partial charge in [0.25, 0.3) is 0 Å². The van der Waals surface area contributed by atoms with Crippen LogP contribution in [0.15, 0.2) is 48.5 Å². The molecule has 0 fully saturated rings. The lowest BCUT2D eigenvalue weighted by molar-refractivity contribution is 0.112. The summed E-state index contributed by atoms with van der Waals surface area (Å²) < 4.78 is 5.09. The Labute approximate surface area is 94.5 Å². The molecule has 16 heavy (non-hydrogen) atoms. The van der Waals surface area contributed by atoms with Gasteiger partial charge in [-0.1, -0.05) is 30.3 Å². The van der Waals surface area contributed by atoms with Gasteiger partial charge in [-0.05, 0) is 29.3 Å². The maximum Gasteiger partial charge on any atom is 0.150 e. The number of ether oxygens (including phenoxy) is 1. The quantitative estimate of drug-likeness (QED) is 0.730. The Bertz CT molecular complexity index is 486. The van der Waals surface area contributed by atoms with Gasteiger partial charge in [0.05, 0.1) is 7.11 Å². The molecule has 2 rings (SSSR count). The summed E-state index contributed by atoms with van der Waals surface area (Å²) in [6.07, 6.45) is 0.854. The molecule has 2 aromatic rings. The maximum absolute atomic E-state index is 10.7. The molecule has 0 amide bonds. The molecule has 0 radical (unpaired) electrons. The Hall–Kier alpha value is -2.09. The van der Waals surface area contributed by atoms with E-state index in [2.05, 4.69) is 0 Å². The lowest BCUT2D eigenvalue weighted by Crippen LogP contribution is -1.84. The van der Waals surface area contributed by atoms with Crippen LogP contribution in [0, 0.1) is 0 Å². The van der Waals surface area contributed by atoms with E-state index in [1.165, 1.54) is 0 Å². The highest BCUT2D eigenvalue weighted by Gasteiger charge is 1.99. The highest BCUT2D eigenvalue weighted by atomic mass is 16.5. The van der Waals surface area contributed by atoms with Crippen molar-refractivity contribution in [2.75, 3.05) is 7.11 Å². The zero-order chi connectivity index (χ0) is 11.4. The van der Waals surface area contributed by atoms with Gasteiger partial charge in [-0.2, -0.15) is 0 Å². The minimum absolute atomic E-state index is 0.688. The van der Waals surface area contributed by atoms with Crippen LogP contribution in [0.3, 0.4) is 0 Å². The van der Waals surface area contributed by atoms with Crippen LogP contribution in [0.5, 0.6) is 5.75 Å². The summed E-state index contributed by atoms with van der Waals surface area (Å²) in [5, 5.41) is 0. The first-order valence-electron chi connectivity index (χ1n) is 5.03. The molecule has 0 unspecified atom stereocenters. The summed E-state index contributed by atoms with van der Waals surface area (Å²) in [5.74, 6) is 0.829. The van der Waals surface area contributed by atoms with Crippen molar-refractivity contribution in [2.24, 2.45) is 0 Å². The molecule has 0 saturated heterocycles. The SMILES string of the molecule is COc1ccc(-c2cccc(C=O)c2)cc1. The summed E-state index contributed by atoms with van der Waals surface area (Å²) in [5.41, 5.74) is 2.80. The molecule has 2 nitrogen and oxygen atoms in total. The molecule has 0 N–H and O–H groups in total. The molecule has 80 valence electrons. The average molecular weight is 212 g/mol. The van der Waals surface area contributed by atoms with Crippen LogP contribution >= 0.6 is 0 Å². The Morgan fingerprint density at radius 2 is 1.75 bits per heavy atom. The Morgan fingerprint density at radius 1 is 1.00 bits per heavy atom. The minimum atomic E-state index is 0.688. The smallest absolute Gasteiger partial charge is 0.150 e. The molecule has 0 aromatic heterocycles. The van der Waals surface area contributed by atoms with Gasteiger partial charge in [-0.15, -0.1) is 0 Å². The standard InChI is InChI=1S/C14H12O2/c1-16-14-7-5-12(6-8-14)13-4-2-3-11(9-13)10-15/h2-10H,1H3. The van der Waals surface area contributed by atoms with E-state index in [1.54, 1.807) is 13.2 Å². The van der Waals surface area contributed by atoms with Crippen LogP contribution in [0.4, 0.5) is 0 Å². The molecular weight excluding hydrogens is 200 g/mol. The summed E-state index contributed by atoms with van der Waals surface area (Å²) in [7, 11) is 1.64. The van der Waals surface area contributed by atoms with Crippen molar-refractivity contribution >= 4 is 6.29 Å². The first-order valence-corrected chi connectivity index (χ1v) is 5.03. The lowest BCUT2D eigenvalue weighted by atomic mass is 10.0. The van der Waals surface area contributed by atoms with Gasteiger partial charge in [0.15, 0.2) is 0 Å². The Kier molecular flexibility index (Phi) is 3.01. The van der Waals surface area contributed by atoms with Gasteiger partial charge in [0.2, 0.25) is 0 Å². The van der Waals surface area contributed by atoms with Gasteiger partial charge in [-0.3, -0.25) is 4.79 Å². The number of benzene rings is 2. The van der Waals surface area contributed by atoms with Crippen LogP contribution in [0.1, 0.15) is 10.4 Å². The van der Waals surface area contributed by atoms with E-state index in [9.17, 15) is 4.79 Å². The van der Waals surface area contributed by atoms with Crippen molar-refractivity contribution in [1.29, 1.82) is 0 Å². The fraction of sp³-hybridized carbons (Fsp3) is 0.0714. The first kappa shape index (κ1) is 10.4. The largest absolute Gasteiger partial charge is 0.497 e. The zero-order valence-corrected chi connectivity index (χ0v) is 9.01. The summed E-state index contributed by atoms with van der Waals surface area (Å²) >= 11 is 0. The van der Waals surface area contributed by atoms with E-state index in [0.29, 0.717) is 5.56 Å². The highest BCUT2D eigenvalue weighted by Crippen LogP contribution is 2.22. The van der Waals surface area contributed by atoms with Gasteiger partial charge in [0.1, 0.15) is 12.0 Å². The van der Waals surface area contributed by atoms with Crippen molar-refractivity contribution in [3.8, 4) is 16.9 Å². The number of rotatable bonds is 3. The average Bonchev–Trinajstić information content (AvgIpc) is 2.39. The minimum Gasteiger partial charge on any atom is -0.497 e. The molecule has 0 aliphatic rings. The van der Waals surface area contributed by atoms with Crippen molar-refractivity contribution in [3.05, 3.63) is 54.1 Å². The molecule has 0 atom stereocenters. The molecule has 0 aliphatic heterocycles. The number of carbonyl (C=O) groups is 1. The lowest BCUT2D eigenvalue weighted by Gasteiger charge is -2.04. The van der Waals surface area contributed by atoms with E-state index < -0.39 is 0 Å². The van der Waals surface area contributed by atoms with Crippen molar-refractivity contribution in [3.63, 3.8) is 0 Å². The zero-order valence-electron chi connectivity index (χ0n) is 9.01. The van der Waals surface area contributed by atoms with Gasteiger partial charge in [0, 0.05) is 5.56 Å². The summed E-state index contributed by atoms with van der Waals surface area (Å²) in [6, 6.07) is 15.3. The molecule has 0 saturated carbocycles. The second-order valence-electron chi connectivity index (χ2n) is 3.47. The molecule has 0 aliphatic carbocycles. The second-order valence-corrected chi connectivity index (χ2v) is 3.47. The second kappa shape index (κ2) is 4.62. The topological polar surface area (TPSA) is 26.3 Å². The van der Waals surface area contributed by atoms with E-state index in [-0.39, 0.29) is 0 Å². The number of hydrogen-bond acceptors (Lipinski definition) is 2. The summed E-state index contributed by atoms with van der Waals surface area (Å²) in [4.78, 5) is 10.7. The summed E-state index contributed by atoms with van der Waals surface area (Å²) in [6.45, 7) is 0. The van der Waals surface area contributed by atoms with Crippen molar-refractivity contribution < 1.29 is 9.53 Å².